The predicted octanol–water partition coefficient (Wildman–Crippen LogP) is 3.27. The largest absolute Gasteiger partial charge is 0.497 e. The van der Waals surface area contributed by atoms with Crippen LogP contribution in [-0.4, -0.2) is 24.7 Å². The summed E-state index contributed by atoms with van der Waals surface area (Å²) in [6.45, 7) is 2.31. The molecule has 148 valence electrons. The second-order valence-corrected chi connectivity index (χ2v) is 6.49. The number of para-hydroxylation sites is 2. The first kappa shape index (κ1) is 19.5. The fourth-order valence-electron chi connectivity index (χ4n) is 3.19. The molecule has 0 radical (unpaired) electrons. The highest BCUT2D eigenvalue weighted by molar-refractivity contribution is 5.76. The Morgan fingerprint density at radius 2 is 1.96 bits per heavy atom. The summed E-state index contributed by atoms with van der Waals surface area (Å²) in [4.78, 5) is 24.3. The van der Waals surface area contributed by atoms with Crippen molar-refractivity contribution in [3.8, 4) is 11.5 Å². The molecule has 7 nitrogen and oxygen atoms in total. The van der Waals surface area contributed by atoms with Crippen molar-refractivity contribution in [1.82, 2.24) is 9.88 Å². The summed E-state index contributed by atoms with van der Waals surface area (Å²) in [5.74, 6) is 0.877. The van der Waals surface area contributed by atoms with E-state index in [4.69, 9.17) is 13.9 Å². The summed E-state index contributed by atoms with van der Waals surface area (Å²) in [6.07, 6.45) is 0.819. The first-order valence-corrected chi connectivity index (χ1v) is 9.13. The van der Waals surface area contributed by atoms with Crippen LogP contribution in [0.15, 0.2) is 51.7 Å². The van der Waals surface area contributed by atoms with E-state index in [9.17, 15) is 9.59 Å². The number of methoxy groups -OCH3 is 2. The average Bonchev–Trinajstić information content (AvgIpc) is 3.02. The predicted molar refractivity (Wildman–Crippen MR) is 106 cm³/mol. The number of benzene rings is 2. The van der Waals surface area contributed by atoms with Gasteiger partial charge in [-0.3, -0.25) is 9.36 Å². The highest BCUT2D eigenvalue weighted by Gasteiger charge is 2.16. The van der Waals surface area contributed by atoms with E-state index in [0.717, 1.165) is 11.1 Å². The topological polar surface area (TPSA) is 82.7 Å². The van der Waals surface area contributed by atoms with Crippen LogP contribution in [0.2, 0.25) is 0 Å². The second-order valence-electron chi connectivity index (χ2n) is 6.49. The van der Waals surface area contributed by atoms with Crippen molar-refractivity contribution in [3.05, 3.63) is 58.6 Å². The lowest BCUT2D eigenvalue weighted by Crippen LogP contribution is -2.27. The Bertz CT molecular complexity index is 1020. The highest BCUT2D eigenvalue weighted by atomic mass is 16.5. The van der Waals surface area contributed by atoms with Gasteiger partial charge in [0.05, 0.1) is 25.8 Å². The van der Waals surface area contributed by atoms with E-state index < -0.39 is 5.76 Å². The summed E-state index contributed by atoms with van der Waals surface area (Å²) in [5.41, 5.74) is 2.13. The maximum Gasteiger partial charge on any atom is 0.419 e. The number of carbonyl (C=O) groups excluding carboxylic acids is 1. The summed E-state index contributed by atoms with van der Waals surface area (Å²) >= 11 is 0. The number of carbonyl (C=O) groups is 1. The zero-order chi connectivity index (χ0) is 20.1. The molecule has 0 unspecified atom stereocenters. The van der Waals surface area contributed by atoms with Crippen LogP contribution in [0.3, 0.4) is 0 Å². The Balaban J connectivity index is 1.60. The van der Waals surface area contributed by atoms with Gasteiger partial charge in [0.1, 0.15) is 11.5 Å². The molecule has 0 saturated heterocycles. The second kappa shape index (κ2) is 8.65. The lowest BCUT2D eigenvalue weighted by atomic mass is 10.1. The molecule has 1 N–H and O–H groups in total. The molecule has 3 aromatic rings. The van der Waals surface area contributed by atoms with Crippen molar-refractivity contribution in [1.29, 1.82) is 0 Å². The van der Waals surface area contributed by atoms with E-state index in [2.05, 4.69) is 5.32 Å². The number of nitrogens with zero attached hydrogens (tertiary/aromatic N) is 1. The van der Waals surface area contributed by atoms with Crippen molar-refractivity contribution >= 4 is 17.0 Å². The quantitative estimate of drug-likeness (QED) is 0.644. The minimum absolute atomic E-state index is 0.0989. The normalized spacial score (nSPS) is 12.0. The van der Waals surface area contributed by atoms with E-state index in [1.807, 2.05) is 43.3 Å². The Kier molecular flexibility index (Phi) is 6.03. The summed E-state index contributed by atoms with van der Waals surface area (Å²) in [6, 6.07) is 12.5. The Hall–Kier alpha value is -3.22. The van der Waals surface area contributed by atoms with Crippen LogP contribution in [0.5, 0.6) is 11.5 Å². The monoisotopic (exact) mass is 384 g/mol. The number of aryl methyl sites for hydroxylation is 1. The molecule has 7 heteroatoms. The standard InChI is InChI=1S/C21H24N2O5/c1-14(16-13-15(26-2)10-11-18(16)27-3)22-20(24)9-6-12-23-17-7-4-5-8-19(17)28-21(23)25/h4-5,7-8,10-11,13-14H,6,9,12H2,1-3H3,(H,22,24)/t14-/m1/s1. The van der Waals surface area contributed by atoms with Gasteiger partial charge >= 0.3 is 5.76 Å². The van der Waals surface area contributed by atoms with Crippen LogP contribution in [-0.2, 0) is 11.3 Å². The molecule has 1 heterocycles. The van der Waals surface area contributed by atoms with Crippen molar-refractivity contribution < 1.29 is 18.7 Å². The Morgan fingerprint density at radius 1 is 1.18 bits per heavy atom. The SMILES string of the molecule is COc1ccc(OC)c([C@@H](C)NC(=O)CCCn2c(=O)oc3ccccc32)c1. The van der Waals surface area contributed by atoms with Gasteiger partial charge in [-0.05, 0) is 43.7 Å². The van der Waals surface area contributed by atoms with Crippen LogP contribution in [0.4, 0.5) is 0 Å². The number of hydrogen-bond acceptors (Lipinski definition) is 5. The van der Waals surface area contributed by atoms with Crippen LogP contribution < -0.4 is 20.5 Å². The molecule has 0 spiro atoms. The molecule has 28 heavy (non-hydrogen) atoms. The first-order chi connectivity index (χ1) is 13.5. The average molecular weight is 384 g/mol. The van der Waals surface area contributed by atoms with E-state index in [0.29, 0.717) is 36.5 Å². The first-order valence-electron chi connectivity index (χ1n) is 9.13. The minimum atomic E-state index is -0.406. The molecule has 0 aliphatic heterocycles. The van der Waals surface area contributed by atoms with Gasteiger partial charge in [0.25, 0.3) is 0 Å². The van der Waals surface area contributed by atoms with Crippen LogP contribution >= 0.6 is 0 Å². The molecule has 1 amide bonds. The lowest BCUT2D eigenvalue weighted by molar-refractivity contribution is -0.121. The minimum Gasteiger partial charge on any atom is -0.497 e. The number of aromatic nitrogens is 1. The third-order valence-electron chi connectivity index (χ3n) is 4.64. The van der Waals surface area contributed by atoms with Crippen molar-refractivity contribution in [2.24, 2.45) is 0 Å². The van der Waals surface area contributed by atoms with E-state index in [-0.39, 0.29) is 11.9 Å². The van der Waals surface area contributed by atoms with Gasteiger partial charge in [-0.25, -0.2) is 4.79 Å². The smallest absolute Gasteiger partial charge is 0.419 e. The van der Waals surface area contributed by atoms with Crippen molar-refractivity contribution in [3.63, 3.8) is 0 Å². The zero-order valence-corrected chi connectivity index (χ0v) is 16.2. The molecule has 1 aromatic heterocycles. The van der Waals surface area contributed by atoms with Gasteiger partial charge in [0.2, 0.25) is 5.91 Å². The zero-order valence-electron chi connectivity index (χ0n) is 16.2. The number of fused-ring (bicyclic) bond motifs is 1. The lowest BCUT2D eigenvalue weighted by Gasteiger charge is -2.18. The molecule has 0 bridgehead atoms. The number of ether oxygens (including phenoxy) is 2. The number of hydrogen-bond donors (Lipinski definition) is 1. The van der Waals surface area contributed by atoms with Crippen molar-refractivity contribution in [2.75, 3.05) is 14.2 Å². The number of rotatable bonds is 8. The fourth-order valence-corrected chi connectivity index (χ4v) is 3.19. The van der Waals surface area contributed by atoms with Gasteiger partial charge < -0.3 is 19.2 Å². The van der Waals surface area contributed by atoms with Crippen LogP contribution in [0.25, 0.3) is 11.1 Å². The maximum atomic E-state index is 12.4. The van der Waals surface area contributed by atoms with E-state index in [1.165, 1.54) is 0 Å². The molecule has 3 rings (SSSR count). The molecule has 0 saturated carbocycles. The summed E-state index contributed by atoms with van der Waals surface area (Å²) < 4.78 is 17.4. The Labute approximate surface area is 162 Å². The highest BCUT2D eigenvalue weighted by Crippen LogP contribution is 2.29. The number of oxazole rings is 1. The molecule has 0 aliphatic carbocycles. The molecule has 2 aromatic carbocycles. The molecule has 0 fully saturated rings. The van der Waals surface area contributed by atoms with Crippen LogP contribution in [0, 0.1) is 0 Å². The van der Waals surface area contributed by atoms with E-state index in [1.54, 1.807) is 24.9 Å². The van der Waals surface area contributed by atoms with Gasteiger partial charge in [-0.1, -0.05) is 12.1 Å². The van der Waals surface area contributed by atoms with Gasteiger partial charge in [-0.2, -0.15) is 0 Å². The molecular formula is C21H24N2O5. The fraction of sp³-hybridized carbons (Fsp3) is 0.333. The third kappa shape index (κ3) is 4.19. The molecule has 1 atom stereocenters. The molecule has 0 aliphatic rings. The molecular weight excluding hydrogens is 360 g/mol. The van der Waals surface area contributed by atoms with Crippen molar-refractivity contribution in [2.45, 2.75) is 32.4 Å². The van der Waals surface area contributed by atoms with Gasteiger partial charge in [-0.15, -0.1) is 0 Å². The van der Waals surface area contributed by atoms with Gasteiger partial charge in [0.15, 0.2) is 5.58 Å². The Morgan fingerprint density at radius 3 is 2.71 bits per heavy atom. The maximum absolute atomic E-state index is 12.4. The summed E-state index contributed by atoms with van der Waals surface area (Å²) in [7, 11) is 3.18. The van der Waals surface area contributed by atoms with Crippen LogP contribution in [0.1, 0.15) is 31.4 Å². The summed E-state index contributed by atoms with van der Waals surface area (Å²) in [5, 5.41) is 2.97. The van der Waals surface area contributed by atoms with Gasteiger partial charge in [0, 0.05) is 18.5 Å². The third-order valence-corrected chi connectivity index (χ3v) is 4.64. The van der Waals surface area contributed by atoms with E-state index >= 15 is 0 Å². The number of nitrogens with one attached hydrogen (secondary N) is 1. The number of amides is 1.